The molecule has 1 saturated carbocycles. The first kappa shape index (κ1) is 13.1. The number of rotatable bonds is 3. The second-order valence-corrected chi connectivity index (χ2v) is 5.64. The Labute approximate surface area is 124 Å². The summed E-state index contributed by atoms with van der Waals surface area (Å²) in [7, 11) is 0. The van der Waals surface area contributed by atoms with Gasteiger partial charge in [0.25, 0.3) is 0 Å². The van der Waals surface area contributed by atoms with E-state index < -0.39 is 0 Å². The first-order chi connectivity index (χ1) is 9.72. The summed E-state index contributed by atoms with van der Waals surface area (Å²) in [6.07, 6.45) is 5.09. The van der Waals surface area contributed by atoms with Gasteiger partial charge in [0.1, 0.15) is 11.8 Å². The van der Waals surface area contributed by atoms with E-state index in [1.807, 2.05) is 19.1 Å². The summed E-state index contributed by atoms with van der Waals surface area (Å²) in [6.45, 7) is 2.04. The molecule has 0 saturated heterocycles. The number of nitriles is 1. The summed E-state index contributed by atoms with van der Waals surface area (Å²) in [4.78, 5) is 4.29. The van der Waals surface area contributed by atoms with Crippen LogP contribution in [0, 0.1) is 11.3 Å². The fourth-order valence-corrected chi connectivity index (χ4v) is 2.73. The van der Waals surface area contributed by atoms with Crippen LogP contribution in [0.5, 0.6) is 0 Å². The Hall–Kier alpha value is -1.85. The van der Waals surface area contributed by atoms with Crippen molar-refractivity contribution in [1.82, 2.24) is 4.98 Å². The largest absolute Gasteiger partial charge is 0.245 e. The molecule has 0 radical (unpaired) electrons. The average Bonchev–Trinajstić information content (AvgIpc) is 3.31. The van der Waals surface area contributed by atoms with Crippen molar-refractivity contribution in [3.05, 3.63) is 52.3 Å². The summed E-state index contributed by atoms with van der Waals surface area (Å²) < 4.78 is 0. The molecule has 1 heterocycles. The van der Waals surface area contributed by atoms with Gasteiger partial charge in [0.05, 0.1) is 0 Å². The molecular weight excluding hydrogens is 268 g/mol. The monoisotopic (exact) mass is 282 g/mol. The van der Waals surface area contributed by atoms with Crippen LogP contribution in [-0.4, -0.2) is 4.98 Å². The minimum absolute atomic E-state index is 0.520. The Morgan fingerprint density at radius 2 is 2.15 bits per heavy atom. The van der Waals surface area contributed by atoms with Crippen molar-refractivity contribution >= 4 is 11.6 Å². The van der Waals surface area contributed by atoms with Crippen molar-refractivity contribution in [2.75, 3.05) is 0 Å². The predicted molar refractivity (Wildman–Crippen MR) is 80.8 cm³/mol. The molecule has 0 aliphatic heterocycles. The number of hydrogen-bond donors (Lipinski definition) is 0. The van der Waals surface area contributed by atoms with E-state index in [0.29, 0.717) is 11.6 Å². The Balaban J connectivity index is 2.13. The van der Waals surface area contributed by atoms with Crippen LogP contribution in [0.4, 0.5) is 0 Å². The highest BCUT2D eigenvalue weighted by atomic mass is 35.5. The van der Waals surface area contributed by atoms with Crippen LogP contribution in [-0.2, 0) is 6.42 Å². The first-order valence-corrected chi connectivity index (χ1v) is 7.29. The zero-order chi connectivity index (χ0) is 14.1. The predicted octanol–water partition coefficient (Wildman–Crippen LogP) is 4.71. The fraction of sp³-hybridized carbons (Fsp3) is 0.294. The van der Waals surface area contributed by atoms with Gasteiger partial charge < -0.3 is 0 Å². The normalized spacial score (nSPS) is 14.1. The molecule has 2 nitrogen and oxygen atoms in total. The van der Waals surface area contributed by atoms with Gasteiger partial charge in [-0.15, -0.1) is 0 Å². The number of hydrogen-bond acceptors (Lipinski definition) is 2. The zero-order valence-electron chi connectivity index (χ0n) is 11.4. The number of aryl methyl sites for hydroxylation is 1. The van der Waals surface area contributed by atoms with Crippen LogP contribution < -0.4 is 0 Å². The number of halogens is 1. The molecule has 0 atom stereocenters. The van der Waals surface area contributed by atoms with E-state index in [0.717, 1.165) is 28.1 Å². The molecular formula is C17H15ClN2. The molecule has 1 aromatic heterocycles. The van der Waals surface area contributed by atoms with Crippen LogP contribution in [0.25, 0.3) is 11.1 Å². The van der Waals surface area contributed by atoms with Crippen LogP contribution in [0.2, 0.25) is 5.02 Å². The molecule has 0 unspecified atom stereocenters. The van der Waals surface area contributed by atoms with Crippen molar-refractivity contribution < 1.29 is 0 Å². The third-order valence-corrected chi connectivity index (χ3v) is 4.03. The van der Waals surface area contributed by atoms with Crippen molar-refractivity contribution in [2.45, 2.75) is 32.1 Å². The smallest absolute Gasteiger partial charge is 0.143 e. The Morgan fingerprint density at radius 1 is 1.35 bits per heavy atom. The maximum absolute atomic E-state index is 9.07. The summed E-state index contributed by atoms with van der Waals surface area (Å²) in [5.74, 6) is 0.656. The molecule has 2 aromatic rings. The van der Waals surface area contributed by atoms with Gasteiger partial charge in [0.2, 0.25) is 0 Å². The van der Waals surface area contributed by atoms with Crippen LogP contribution >= 0.6 is 11.6 Å². The van der Waals surface area contributed by atoms with E-state index in [4.69, 9.17) is 16.9 Å². The molecule has 3 rings (SSSR count). The maximum Gasteiger partial charge on any atom is 0.143 e. The zero-order valence-corrected chi connectivity index (χ0v) is 12.1. The lowest BCUT2D eigenvalue weighted by Crippen LogP contribution is -1.95. The van der Waals surface area contributed by atoms with Crippen molar-refractivity contribution in [1.29, 1.82) is 5.26 Å². The number of pyridine rings is 1. The van der Waals surface area contributed by atoms with E-state index in [1.54, 1.807) is 6.20 Å². The Morgan fingerprint density at radius 3 is 2.80 bits per heavy atom. The number of benzene rings is 1. The summed E-state index contributed by atoms with van der Waals surface area (Å²) in [6, 6.07) is 10.3. The molecule has 3 heteroatoms. The fourth-order valence-electron chi connectivity index (χ4n) is 2.56. The van der Waals surface area contributed by atoms with Gasteiger partial charge >= 0.3 is 0 Å². The summed E-state index contributed by atoms with van der Waals surface area (Å²) in [5, 5.41) is 9.82. The molecule has 0 spiro atoms. The SMILES string of the molecule is CCc1cc(-c2cc(Cl)ccc2C2CC2)cnc1C#N. The average molecular weight is 283 g/mol. The quantitative estimate of drug-likeness (QED) is 0.817. The number of aromatic nitrogens is 1. The summed E-state index contributed by atoms with van der Waals surface area (Å²) in [5.41, 5.74) is 5.08. The highest BCUT2D eigenvalue weighted by Gasteiger charge is 2.26. The van der Waals surface area contributed by atoms with Crippen LogP contribution in [0.3, 0.4) is 0 Å². The van der Waals surface area contributed by atoms with Crippen molar-refractivity contribution in [3.8, 4) is 17.2 Å². The van der Waals surface area contributed by atoms with E-state index >= 15 is 0 Å². The molecule has 1 fully saturated rings. The van der Waals surface area contributed by atoms with Gasteiger partial charge in [-0.3, -0.25) is 0 Å². The van der Waals surface area contributed by atoms with Gasteiger partial charge in [-0.05, 0) is 60.1 Å². The van der Waals surface area contributed by atoms with Gasteiger partial charge in [-0.1, -0.05) is 24.6 Å². The highest BCUT2D eigenvalue weighted by molar-refractivity contribution is 6.30. The number of nitrogens with zero attached hydrogens (tertiary/aromatic N) is 2. The lowest BCUT2D eigenvalue weighted by molar-refractivity contribution is 1.08. The van der Waals surface area contributed by atoms with E-state index in [-0.39, 0.29) is 0 Å². The van der Waals surface area contributed by atoms with Gasteiger partial charge in [0.15, 0.2) is 0 Å². The lowest BCUT2D eigenvalue weighted by atomic mass is 9.96. The minimum Gasteiger partial charge on any atom is -0.245 e. The van der Waals surface area contributed by atoms with E-state index in [9.17, 15) is 0 Å². The first-order valence-electron chi connectivity index (χ1n) is 6.91. The van der Waals surface area contributed by atoms with Crippen molar-refractivity contribution in [2.24, 2.45) is 0 Å². The second kappa shape index (κ2) is 5.26. The molecule has 0 amide bonds. The Bertz CT molecular complexity index is 697. The molecule has 100 valence electrons. The van der Waals surface area contributed by atoms with E-state index in [1.165, 1.54) is 18.4 Å². The molecule has 1 aromatic carbocycles. The van der Waals surface area contributed by atoms with Gasteiger partial charge in [-0.2, -0.15) is 5.26 Å². The Kier molecular flexibility index (Phi) is 3.46. The molecule has 0 N–H and O–H groups in total. The maximum atomic E-state index is 9.07. The second-order valence-electron chi connectivity index (χ2n) is 5.20. The molecule has 0 bridgehead atoms. The van der Waals surface area contributed by atoms with E-state index in [2.05, 4.69) is 23.2 Å². The molecule has 1 aliphatic carbocycles. The van der Waals surface area contributed by atoms with Crippen LogP contribution in [0.15, 0.2) is 30.5 Å². The molecule has 1 aliphatic rings. The van der Waals surface area contributed by atoms with Crippen molar-refractivity contribution in [3.63, 3.8) is 0 Å². The standard InChI is InChI=1S/C17H15ClN2/c1-2-11-7-13(10-20-17(11)9-19)16-8-14(18)5-6-15(16)12-3-4-12/h5-8,10,12H,2-4H2,1H3. The third-order valence-electron chi connectivity index (χ3n) is 3.80. The van der Waals surface area contributed by atoms with Crippen LogP contribution in [0.1, 0.15) is 42.5 Å². The topological polar surface area (TPSA) is 36.7 Å². The third kappa shape index (κ3) is 2.42. The highest BCUT2D eigenvalue weighted by Crippen LogP contribution is 2.45. The van der Waals surface area contributed by atoms with Gasteiger partial charge in [0, 0.05) is 16.8 Å². The molecule has 20 heavy (non-hydrogen) atoms. The minimum atomic E-state index is 0.520. The van der Waals surface area contributed by atoms with Gasteiger partial charge in [-0.25, -0.2) is 4.98 Å². The summed E-state index contributed by atoms with van der Waals surface area (Å²) >= 11 is 6.15. The lowest BCUT2D eigenvalue weighted by Gasteiger charge is -2.11.